The van der Waals surface area contributed by atoms with E-state index in [4.69, 9.17) is 11.6 Å². The van der Waals surface area contributed by atoms with E-state index in [1.165, 1.54) is 24.0 Å². The van der Waals surface area contributed by atoms with Gasteiger partial charge in [0.15, 0.2) is 11.6 Å². The minimum Gasteiger partial charge on any atom is -0.363 e. The van der Waals surface area contributed by atoms with Crippen molar-refractivity contribution in [2.75, 3.05) is 37.8 Å². The predicted octanol–water partition coefficient (Wildman–Crippen LogP) is 4.47. The monoisotopic (exact) mass is 517 g/mol. The molecule has 36 heavy (non-hydrogen) atoms. The first-order valence-electron chi connectivity index (χ1n) is 11.3. The molecule has 0 spiro atoms. The molecule has 0 unspecified atom stereocenters. The van der Waals surface area contributed by atoms with Gasteiger partial charge in [-0.15, -0.1) is 0 Å². The van der Waals surface area contributed by atoms with Crippen molar-refractivity contribution in [3.8, 4) is 0 Å². The largest absolute Gasteiger partial charge is 0.363 e. The molecular weight excluding hydrogens is 495 g/mol. The Hall–Kier alpha value is -3.59. The van der Waals surface area contributed by atoms with Crippen LogP contribution in [-0.4, -0.2) is 54.0 Å². The number of hydrogen-bond acceptors (Lipinski definition) is 4. The molecule has 0 N–H and O–H groups in total. The number of carbonyl (C=O) groups is 2. The molecule has 0 saturated carbocycles. The summed E-state index contributed by atoms with van der Waals surface area (Å²) >= 11 is 5.85. The molecule has 1 fully saturated rings. The number of aryl methyl sites for hydroxylation is 1. The van der Waals surface area contributed by atoms with E-state index in [2.05, 4.69) is 0 Å². The number of allylic oxidation sites excluding steroid dienone is 1. The number of pyridine rings is 1. The number of ketones is 1. The van der Waals surface area contributed by atoms with Crippen LogP contribution in [0.1, 0.15) is 22.8 Å². The van der Waals surface area contributed by atoms with Gasteiger partial charge in [-0.25, -0.2) is 13.2 Å². The number of piperazine rings is 1. The summed E-state index contributed by atoms with van der Waals surface area (Å²) in [4.78, 5) is 40.6. The molecule has 4 rings (SSSR count). The summed E-state index contributed by atoms with van der Waals surface area (Å²) in [5.74, 6) is -2.80. The second-order valence-electron chi connectivity index (χ2n) is 8.41. The first-order valence-corrected chi connectivity index (χ1v) is 11.7. The van der Waals surface area contributed by atoms with Gasteiger partial charge in [0.2, 0.25) is 11.3 Å². The third-order valence-corrected chi connectivity index (χ3v) is 6.41. The molecular formula is C26H23ClF3N3O3. The Bertz CT molecular complexity index is 1410. The third-order valence-electron chi connectivity index (χ3n) is 6.16. The smallest absolute Gasteiger partial charge is 0.219 e. The zero-order valence-electron chi connectivity index (χ0n) is 19.4. The van der Waals surface area contributed by atoms with Gasteiger partial charge in [0.1, 0.15) is 18.2 Å². The lowest BCUT2D eigenvalue weighted by Crippen LogP contribution is -2.48. The number of aromatic nitrogens is 1. The number of hydrogen-bond donors (Lipinski definition) is 0. The van der Waals surface area contributed by atoms with Gasteiger partial charge in [-0.3, -0.25) is 14.4 Å². The maximum Gasteiger partial charge on any atom is 0.219 e. The molecule has 0 bridgehead atoms. The van der Waals surface area contributed by atoms with Crippen LogP contribution in [0, 0.1) is 11.6 Å². The van der Waals surface area contributed by atoms with E-state index in [0.29, 0.717) is 10.6 Å². The van der Waals surface area contributed by atoms with Crippen LogP contribution in [-0.2, 0) is 11.3 Å². The van der Waals surface area contributed by atoms with Crippen LogP contribution in [0.4, 0.5) is 18.9 Å². The Morgan fingerprint density at radius 1 is 1.08 bits per heavy atom. The summed E-state index contributed by atoms with van der Waals surface area (Å²) in [7, 11) is 0. The number of halogens is 4. The molecule has 2 aromatic carbocycles. The van der Waals surface area contributed by atoms with Gasteiger partial charge < -0.3 is 14.4 Å². The number of carbonyl (C=O) groups excluding carboxylic acids is 2. The van der Waals surface area contributed by atoms with Crippen LogP contribution in [0.25, 0.3) is 17.0 Å². The fourth-order valence-corrected chi connectivity index (χ4v) is 4.42. The Labute approximate surface area is 210 Å². The van der Waals surface area contributed by atoms with Crippen molar-refractivity contribution >= 4 is 46.0 Å². The van der Waals surface area contributed by atoms with Crippen LogP contribution in [0.3, 0.4) is 0 Å². The number of anilines is 1. The van der Waals surface area contributed by atoms with Crippen molar-refractivity contribution in [3.05, 3.63) is 80.6 Å². The highest BCUT2D eigenvalue weighted by Gasteiger charge is 2.27. The highest BCUT2D eigenvalue weighted by molar-refractivity contribution is 6.30. The molecule has 188 valence electrons. The molecule has 1 saturated heterocycles. The fourth-order valence-electron chi connectivity index (χ4n) is 4.29. The first-order chi connectivity index (χ1) is 17.2. The predicted molar refractivity (Wildman–Crippen MR) is 133 cm³/mol. The summed E-state index contributed by atoms with van der Waals surface area (Å²) in [5.41, 5.74) is -1.15. The van der Waals surface area contributed by atoms with Crippen molar-refractivity contribution in [1.82, 2.24) is 9.47 Å². The van der Waals surface area contributed by atoms with E-state index in [-0.39, 0.29) is 60.8 Å². The van der Waals surface area contributed by atoms with Gasteiger partial charge in [0.05, 0.1) is 23.0 Å². The summed E-state index contributed by atoms with van der Waals surface area (Å²) < 4.78 is 45.4. The molecule has 6 nitrogen and oxygen atoms in total. The standard InChI is InChI=1S/C26H23ClF3N3O3/c1-16(34)31-10-12-32(13-11-31)25-21(29)14-19-24(23(25)30)33(9-8-28)15-20(26(19)36)22(35)7-4-17-2-5-18(27)6-3-17/h2-7,14-15H,8-13H2,1H3. The number of amides is 1. The Morgan fingerprint density at radius 2 is 1.75 bits per heavy atom. The second kappa shape index (κ2) is 10.6. The van der Waals surface area contributed by atoms with E-state index < -0.39 is 29.5 Å². The minimum atomic E-state index is -1.01. The van der Waals surface area contributed by atoms with Gasteiger partial charge in [-0.05, 0) is 29.8 Å². The second-order valence-corrected chi connectivity index (χ2v) is 8.85. The molecule has 0 radical (unpaired) electrons. The van der Waals surface area contributed by atoms with Crippen molar-refractivity contribution in [1.29, 1.82) is 0 Å². The highest BCUT2D eigenvalue weighted by Crippen LogP contribution is 2.31. The summed E-state index contributed by atoms with van der Waals surface area (Å²) in [5, 5.41) is 0.168. The van der Waals surface area contributed by atoms with Crippen LogP contribution < -0.4 is 10.3 Å². The lowest BCUT2D eigenvalue weighted by molar-refractivity contribution is -0.129. The molecule has 0 atom stereocenters. The van der Waals surface area contributed by atoms with Crippen LogP contribution in [0.15, 0.2) is 47.4 Å². The summed E-state index contributed by atoms with van der Waals surface area (Å²) in [6.07, 6.45) is 3.76. The van der Waals surface area contributed by atoms with E-state index in [0.717, 1.165) is 16.8 Å². The number of nitrogens with zero attached hydrogens (tertiary/aromatic N) is 3. The Balaban J connectivity index is 1.77. The molecule has 2 heterocycles. The average molecular weight is 518 g/mol. The van der Waals surface area contributed by atoms with Crippen molar-refractivity contribution < 1.29 is 22.8 Å². The quantitative estimate of drug-likeness (QED) is 0.358. The molecule has 1 aromatic heterocycles. The van der Waals surface area contributed by atoms with E-state index in [1.54, 1.807) is 29.2 Å². The number of rotatable bonds is 6. The highest BCUT2D eigenvalue weighted by atomic mass is 35.5. The number of alkyl halides is 1. The first kappa shape index (κ1) is 25.5. The topological polar surface area (TPSA) is 62.6 Å². The zero-order valence-corrected chi connectivity index (χ0v) is 20.2. The van der Waals surface area contributed by atoms with Gasteiger partial charge in [-0.1, -0.05) is 29.8 Å². The summed E-state index contributed by atoms with van der Waals surface area (Å²) in [6, 6.07) is 7.52. The van der Waals surface area contributed by atoms with E-state index >= 15 is 8.78 Å². The number of fused-ring (bicyclic) bond motifs is 1. The van der Waals surface area contributed by atoms with Gasteiger partial charge >= 0.3 is 0 Å². The molecule has 3 aromatic rings. The minimum absolute atomic E-state index is 0.131. The third kappa shape index (κ3) is 5.02. The van der Waals surface area contributed by atoms with Crippen LogP contribution in [0.5, 0.6) is 0 Å². The van der Waals surface area contributed by atoms with Gasteiger partial charge in [-0.2, -0.15) is 0 Å². The molecule has 1 amide bonds. The molecule has 1 aliphatic rings. The fraction of sp³-hybridized carbons (Fsp3) is 0.269. The lowest BCUT2D eigenvalue weighted by Gasteiger charge is -2.36. The van der Waals surface area contributed by atoms with Gasteiger partial charge in [0, 0.05) is 44.3 Å². The van der Waals surface area contributed by atoms with Crippen molar-refractivity contribution in [3.63, 3.8) is 0 Å². The van der Waals surface area contributed by atoms with Gasteiger partial charge in [0.25, 0.3) is 0 Å². The number of benzene rings is 2. The lowest BCUT2D eigenvalue weighted by atomic mass is 10.0. The maximum atomic E-state index is 15.7. The molecule has 1 aliphatic heterocycles. The van der Waals surface area contributed by atoms with Crippen molar-refractivity contribution in [2.45, 2.75) is 13.5 Å². The maximum absolute atomic E-state index is 15.7. The summed E-state index contributed by atoms with van der Waals surface area (Å²) in [6.45, 7) is 1.16. The Kier molecular flexibility index (Phi) is 7.49. The van der Waals surface area contributed by atoms with Crippen molar-refractivity contribution in [2.24, 2.45) is 0 Å². The van der Waals surface area contributed by atoms with Crippen LogP contribution >= 0.6 is 11.6 Å². The van der Waals surface area contributed by atoms with E-state index in [1.807, 2.05) is 0 Å². The zero-order chi connectivity index (χ0) is 26.0. The SMILES string of the molecule is CC(=O)N1CCN(c2c(F)cc3c(=O)c(C(=O)C=Cc4ccc(Cl)cc4)cn(CCF)c3c2F)CC1. The molecule has 10 heteroatoms. The molecule has 0 aliphatic carbocycles. The van der Waals surface area contributed by atoms with E-state index in [9.17, 15) is 18.8 Å². The normalized spacial score (nSPS) is 14.1. The Morgan fingerprint density at radius 3 is 2.36 bits per heavy atom. The van der Waals surface area contributed by atoms with Crippen LogP contribution in [0.2, 0.25) is 5.02 Å². The average Bonchev–Trinajstić information content (AvgIpc) is 2.85.